The molecule has 0 aliphatic carbocycles. The topological polar surface area (TPSA) is 63.8 Å². The van der Waals surface area contributed by atoms with Gasteiger partial charge in [-0.15, -0.1) is 0 Å². The van der Waals surface area contributed by atoms with Gasteiger partial charge in [-0.3, -0.25) is 0 Å². The fourth-order valence-corrected chi connectivity index (χ4v) is 1.53. The predicted molar refractivity (Wildman–Crippen MR) is 62.1 cm³/mol. The first-order valence-corrected chi connectivity index (χ1v) is 5.47. The van der Waals surface area contributed by atoms with E-state index in [-0.39, 0.29) is 0 Å². The van der Waals surface area contributed by atoms with Gasteiger partial charge in [-0.2, -0.15) is 4.98 Å². The maximum absolute atomic E-state index is 5.49. The Morgan fingerprint density at radius 3 is 3.00 bits per heavy atom. The Labute approximate surface area is 92.5 Å². The molecule has 0 aromatic carbocycles. The molecule has 0 saturated carbocycles. The molecule has 4 nitrogen and oxygen atoms in total. The van der Waals surface area contributed by atoms with Crippen LogP contribution in [-0.4, -0.2) is 16.0 Å². The largest absolute Gasteiger partial charge is 0.368 e. The van der Waals surface area contributed by atoms with Crippen LogP contribution in [0.2, 0.25) is 0 Å². The summed E-state index contributed by atoms with van der Waals surface area (Å²) >= 11 is 3.37. The number of hydrogen-bond acceptors (Lipinski definition) is 4. The minimum atomic E-state index is 0.291. The Bertz CT molecular complexity index is 303. The van der Waals surface area contributed by atoms with E-state index < -0.39 is 0 Å². The maximum Gasteiger partial charge on any atom is 0.221 e. The summed E-state index contributed by atoms with van der Waals surface area (Å²) in [4.78, 5) is 7.98. The second-order valence-electron chi connectivity index (χ2n) is 3.26. The zero-order valence-electron chi connectivity index (χ0n) is 8.42. The number of anilines is 2. The first kappa shape index (κ1) is 11.2. The van der Waals surface area contributed by atoms with Gasteiger partial charge in [0.1, 0.15) is 5.82 Å². The van der Waals surface area contributed by atoms with Gasteiger partial charge in [-0.25, -0.2) is 4.98 Å². The van der Waals surface area contributed by atoms with Crippen molar-refractivity contribution in [3.05, 3.63) is 10.7 Å². The summed E-state index contributed by atoms with van der Waals surface area (Å²) < 4.78 is 0.842. The van der Waals surface area contributed by atoms with Crippen molar-refractivity contribution in [2.45, 2.75) is 32.7 Å². The van der Waals surface area contributed by atoms with Crippen molar-refractivity contribution in [2.24, 2.45) is 0 Å². The first-order valence-electron chi connectivity index (χ1n) is 4.68. The summed E-state index contributed by atoms with van der Waals surface area (Å²) in [7, 11) is 0. The van der Waals surface area contributed by atoms with Crippen molar-refractivity contribution in [1.82, 2.24) is 9.97 Å². The van der Waals surface area contributed by atoms with E-state index in [1.807, 2.05) is 0 Å². The van der Waals surface area contributed by atoms with Crippen molar-refractivity contribution in [3.8, 4) is 0 Å². The molecular weight excluding hydrogens is 244 g/mol. The molecule has 0 aliphatic heterocycles. The molecule has 5 heteroatoms. The summed E-state index contributed by atoms with van der Waals surface area (Å²) in [5.74, 6) is 1.05. The Balaban J connectivity index is 2.70. The summed E-state index contributed by atoms with van der Waals surface area (Å²) in [6.07, 6.45) is 3.91. The molecule has 0 amide bonds. The molecule has 1 heterocycles. The number of nitrogens with two attached hydrogens (primary N) is 1. The number of nitrogen functional groups attached to an aromatic ring is 1. The average molecular weight is 259 g/mol. The molecule has 1 aromatic heterocycles. The lowest BCUT2D eigenvalue weighted by molar-refractivity contribution is 0.687. The van der Waals surface area contributed by atoms with Crippen LogP contribution in [0.4, 0.5) is 11.8 Å². The minimum absolute atomic E-state index is 0.291. The summed E-state index contributed by atoms with van der Waals surface area (Å²) in [6.45, 7) is 4.27. The molecule has 3 N–H and O–H groups in total. The smallest absolute Gasteiger partial charge is 0.221 e. The summed E-state index contributed by atoms with van der Waals surface area (Å²) in [5, 5.41) is 3.27. The quantitative estimate of drug-likeness (QED) is 0.871. The second kappa shape index (κ2) is 5.14. The standard InChI is InChI=1S/C9H15BrN4/c1-3-4-6(2)13-8-7(10)5-12-9(11)14-8/h5-6H,3-4H2,1-2H3,(H3,11,12,13,14). The van der Waals surface area contributed by atoms with E-state index in [4.69, 9.17) is 5.73 Å². The zero-order valence-corrected chi connectivity index (χ0v) is 10.0. The van der Waals surface area contributed by atoms with Gasteiger partial charge in [-0.1, -0.05) is 13.3 Å². The van der Waals surface area contributed by atoms with Crippen LogP contribution in [0.15, 0.2) is 10.7 Å². The van der Waals surface area contributed by atoms with Crippen LogP contribution in [0.25, 0.3) is 0 Å². The predicted octanol–water partition coefficient (Wildman–Crippen LogP) is 2.42. The molecule has 0 aliphatic rings. The molecular formula is C9H15BrN4. The van der Waals surface area contributed by atoms with Gasteiger partial charge < -0.3 is 11.1 Å². The molecule has 1 unspecified atom stereocenters. The van der Waals surface area contributed by atoms with Crippen molar-refractivity contribution in [1.29, 1.82) is 0 Å². The van der Waals surface area contributed by atoms with E-state index in [0.29, 0.717) is 12.0 Å². The number of nitrogens with zero attached hydrogens (tertiary/aromatic N) is 2. The zero-order chi connectivity index (χ0) is 10.6. The van der Waals surface area contributed by atoms with Gasteiger partial charge >= 0.3 is 0 Å². The molecule has 0 saturated heterocycles. The van der Waals surface area contributed by atoms with Crippen LogP contribution in [-0.2, 0) is 0 Å². The van der Waals surface area contributed by atoms with E-state index in [2.05, 4.69) is 45.1 Å². The maximum atomic E-state index is 5.49. The number of hydrogen-bond donors (Lipinski definition) is 2. The van der Waals surface area contributed by atoms with Crippen LogP contribution in [0.3, 0.4) is 0 Å². The van der Waals surface area contributed by atoms with Crippen LogP contribution in [0, 0.1) is 0 Å². The third kappa shape index (κ3) is 3.14. The van der Waals surface area contributed by atoms with E-state index in [1.165, 1.54) is 0 Å². The molecule has 1 aromatic rings. The van der Waals surface area contributed by atoms with Gasteiger partial charge in [0, 0.05) is 12.2 Å². The highest BCUT2D eigenvalue weighted by atomic mass is 79.9. The normalized spacial score (nSPS) is 12.5. The highest BCUT2D eigenvalue weighted by molar-refractivity contribution is 9.10. The minimum Gasteiger partial charge on any atom is -0.368 e. The Kier molecular flexibility index (Phi) is 4.13. The lowest BCUT2D eigenvalue weighted by Gasteiger charge is -2.14. The molecule has 0 spiro atoms. The highest BCUT2D eigenvalue weighted by Crippen LogP contribution is 2.20. The molecule has 1 rings (SSSR count). The number of aromatic nitrogens is 2. The van der Waals surface area contributed by atoms with E-state index in [0.717, 1.165) is 23.1 Å². The van der Waals surface area contributed by atoms with Crippen molar-refractivity contribution >= 4 is 27.7 Å². The SMILES string of the molecule is CCCC(C)Nc1nc(N)ncc1Br. The Hall–Kier alpha value is -0.840. The van der Waals surface area contributed by atoms with Crippen LogP contribution < -0.4 is 11.1 Å². The van der Waals surface area contributed by atoms with Crippen LogP contribution in [0.1, 0.15) is 26.7 Å². The number of halogens is 1. The van der Waals surface area contributed by atoms with Gasteiger partial charge in [0.25, 0.3) is 0 Å². The molecule has 78 valence electrons. The fourth-order valence-electron chi connectivity index (χ4n) is 1.22. The van der Waals surface area contributed by atoms with Gasteiger partial charge in [0.15, 0.2) is 0 Å². The summed E-state index contributed by atoms with van der Waals surface area (Å²) in [5.41, 5.74) is 5.49. The molecule has 0 bridgehead atoms. The highest BCUT2D eigenvalue weighted by Gasteiger charge is 2.06. The fraction of sp³-hybridized carbons (Fsp3) is 0.556. The van der Waals surface area contributed by atoms with E-state index in [9.17, 15) is 0 Å². The first-order chi connectivity index (χ1) is 6.63. The number of rotatable bonds is 4. The average Bonchev–Trinajstić information content (AvgIpc) is 2.12. The monoisotopic (exact) mass is 258 g/mol. The number of nitrogens with one attached hydrogen (secondary N) is 1. The molecule has 0 radical (unpaired) electrons. The van der Waals surface area contributed by atoms with Crippen molar-refractivity contribution < 1.29 is 0 Å². The summed E-state index contributed by atoms with van der Waals surface area (Å²) in [6, 6.07) is 0.394. The lowest BCUT2D eigenvalue weighted by atomic mass is 10.2. The second-order valence-corrected chi connectivity index (χ2v) is 4.11. The van der Waals surface area contributed by atoms with Crippen molar-refractivity contribution in [2.75, 3.05) is 11.1 Å². The van der Waals surface area contributed by atoms with Crippen molar-refractivity contribution in [3.63, 3.8) is 0 Å². The third-order valence-corrected chi connectivity index (χ3v) is 2.45. The van der Waals surface area contributed by atoms with E-state index >= 15 is 0 Å². The lowest BCUT2D eigenvalue weighted by Crippen LogP contribution is -2.16. The van der Waals surface area contributed by atoms with E-state index in [1.54, 1.807) is 6.20 Å². The van der Waals surface area contributed by atoms with Crippen LogP contribution in [0.5, 0.6) is 0 Å². The Morgan fingerprint density at radius 2 is 2.36 bits per heavy atom. The van der Waals surface area contributed by atoms with Gasteiger partial charge in [0.05, 0.1) is 4.47 Å². The van der Waals surface area contributed by atoms with Gasteiger partial charge in [0.2, 0.25) is 5.95 Å². The Morgan fingerprint density at radius 1 is 1.64 bits per heavy atom. The van der Waals surface area contributed by atoms with Gasteiger partial charge in [-0.05, 0) is 29.3 Å². The molecule has 1 atom stereocenters. The third-order valence-electron chi connectivity index (χ3n) is 1.87. The molecule has 0 fully saturated rings. The molecule has 14 heavy (non-hydrogen) atoms. The van der Waals surface area contributed by atoms with Crippen LogP contribution >= 0.6 is 15.9 Å².